The number of hydrogen-bond donors (Lipinski definition) is 2. The van der Waals surface area contributed by atoms with Crippen LogP contribution in [0, 0.1) is 0 Å². The van der Waals surface area contributed by atoms with Gasteiger partial charge in [-0.1, -0.05) is 25.0 Å². The number of aromatic amines is 1. The van der Waals surface area contributed by atoms with Crippen LogP contribution in [0.3, 0.4) is 0 Å². The molecule has 1 aliphatic rings. The Morgan fingerprint density at radius 1 is 1.06 bits per heavy atom. The Bertz CT molecular complexity index is 453. The molecule has 3 nitrogen and oxygen atoms in total. The third-order valence-electron chi connectivity index (χ3n) is 3.42. The highest BCUT2D eigenvalue weighted by atomic mass is 15.1. The first-order valence-electron chi connectivity index (χ1n) is 6.28. The van der Waals surface area contributed by atoms with Gasteiger partial charge in [0.2, 0.25) is 0 Å². The highest BCUT2D eigenvalue weighted by Gasteiger charge is 2.14. The maximum atomic E-state index is 3.96. The summed E-state index contributed by atoms with van der Waals surface area (Å²) in [5.41, 5.74) is 3.47. The molecule has 0 atom stereocenters. The summed E-state index contributed by atoms with van der Waals surface area (Å²) in [6.07, 6.45) is 7.12. The standard InChI is InChI=1S/C14H17N3/c1-2-4-12(3-1)16-13-7-5-11(6-8-13)14-9-10-15-17-14/h5-10,12,16H,1-4H2,(H,15,17). The molecular formula is C14H17N3. The van der Waals surface area contributed by atoms with Crippen LogP contribution in [0.1, 0.15) is 25.7 Å². The molecule has 0 amide bonds. The van der Waals surface area contributed by atoms with Gasteiger partial charge in [0.25, 0.3) is 0 Å². The van der Waals surface area contributed by atoms with Crippen LogP contribution < -0.4 is 5.32 Å². The molecule has 0 unspecified atom stereocenters. The summed E-state index contributed by atoms with van der Waals surface area (Å²) in [6, 6.07) is 11.2. The molecule has 88 valence electrons. The molecule has 17 heavy (non-hydrogen) atoms. The van der Waals surface area contributed by atoms with Crippen LogP contribution in [-0.2, 0) is 0 Å². The zero-order chi connectivity index (χ0) is 11.5. The van der Waals surface area contributed by atoms with Crippen molar-refractivity contribution in [1.82, 2.24) is 10.2 Å². The van der Waals surface area contributed by atoms with Gasteiger partial charge in [0.15, 0.2) is 0 Å². The van der Waals surface area contributed by atoms with Gasteiger partial charge in [0.1, 0.15) is 0 Å². The van der Waals surface area contributed by atoms with Crippen LogP contribution in [0.15, 0.2) is 36.5 Å². The molecule has 0 radical (unpaired) electrons. The van der Waals surface area contributed by atoms with E-state index in [0.717, 1.165) is 5.69 Å². The second kappa shape index (κ2) is 4.62. The molecule has 3 rings (SSSR count). The van der Waals surface area contributed by atoms with Gasteiger partial charge in [-0.2, -0.15) is 5.10 Å². The topological polar surface area (TPSA) is 40.7 Å². The zero-order valence-corrected chi connectivity index (χ0v) is 9.82. The number of benzene rings is 1. The molecule has 1 aromatic carbocycles. The Hall–Kier alpha value is -1.77. The van der Waals surface area contributed by atoms with E-state index in [9.17, 15) is 0 Å². The fourth-order valence-corrected chi connectivity index (χ4v) is 2.47. The van der Waals surface area contributed by atoms with Crippen molar-refractivity contribution in [1.29, 1.82) is 0 Å². The van der Waals surface area contributed by atoms with Crippen molar-refractivity contribution in [2.75, 3.05) is 5.32 Å². The van der Waals surface area contributed by atoms with Crippen molar-refractivity contribution in [3.63, 3.8) is 0 Å². The predicted octanol–water partition coefficient (Wildman–Crippen LogP) is 3.43. The van der Waals surface area contributed by atoms with Gasteiger partial charge in [-0.15, -0.1) is 0 Å². The first kappa shape index (κ1) is 10.4. The maximum absolute atomic E-state index is 3.96. The lowest BCUT2D eigenvalue weighted by Crippen LogP contribution is -2.14. The molecule has 2 aromatic rings. The van der Waals surface area contributed by atoms with Crippen LogP contribution in [0.25, 0.3) is 11.3 Å². The van der Waals surface area contributed by atoms with Gasteiger partial charge in [-0.05, 0) is 36.6 Å². The molecule has 0 saturated heterocycles. The predicted molar refractivity (Wildman–Crippen MR) is 69.9 cm³/mol. The minimum absolute atomic E-state index is 0.674. The molecule has 0 spiro atoms. The third-order valence-corrected chi connectivity index (χ3v) is 3.42. The second-order valence-corrected chi connectivity index (χ2v) is 4.67. The van der Waals surface area contributed by atoms with Crippen molar-refractivity contribution in [3.05, 3.63) is 36.5 Å². The van der Waals surface area contributed by atoms with Gasteiger partial charge >= 0.3 is 0 Å². The van der Waals surface area contributed by atoms with Crippen molar-refractivity contribution >= 4 is 5.69 Å². The average molecular weight is 227 g/mol. The first-order valence-corrected chi connectivity index (χ1v) is 6.28. The number of H-pyrrole nitrogens is 1. The Kier molecular flexibility index (Phi) is 2.82. The summed E-state index contributed by atoms with van der Waals surface area (Å²) in [5, 5.41) is 10.5. The van der Waals surface area contributed by atoms with E-state index in [1.807, 2.05) is 6.07 Å². The Balaban J connectivity index is 1.71. The number of anilines is 1. The quantitative estimate of drug-likeness (QED) is 0.843. The summed E-state index contributed by atoms with van der Waals surface area (Å²) in [6.45, 7) is 0. The fourth-order valence-electron chi connectivity index (χ4n) is 2.47. The van der Waals surface area contributed by atoms with E-state index < -0.39 is 0 Å². The summed E-state index contributed by atoms with van der Waals surface area (Å²) in [5.74, 6) is 0. The van der Waals surface area contributed by atoms with Gasteiger partial charge in [0.05, 0.1) is 5.69 Å². The molecule has 0 aliphatic heterocycles. The number of hydrogen-bond acceptors (Lipinski definition) is 2. The molecule has 1 saturated carbocycles. The lowest BCUT2D eigenvalue weighted by Gasteiger charge is -2.13. The lowest BCUT2D eigenvalue weighted by molar-refractivity contribution is 0.755. The highest BCUT2D eigenvalue weighted by molar-refractivity contribution is 5.62. The largest absolute Gasteiger partial charge is 0.382 e. The number of rotatable bonds is 3. The molecule has 0 bridgehead atoms. The van der Waals surface area contributed by atoms with Crippen molar-refractivity contribution in [3.8, 4) is 11.3 Å². The van der Waals surface area contributed by atoms with Crippen LogP contribution in [0.5, 0.6) is 0 Å². The number of nitrogens with one attached hydrogen (secondary N) is 2. The van der Waals surface area contributed by atoms with E-state index in [1.54, 1.807) is 6.20 Å². The zero-order valence-electron chi connectivity index (χ0n) is 9.82. The Labute approximate surface area is 101 Å². The Morgan fingerprint density at radius 3 is 2.47 bits per heavy atom. The van der Waals surface area contributed by atoms with Crippen LogP contribution in [-0.4, -0.2) is 16.2 Å². The van der Waals surface area contributed by atoms with Crippen LogP contribution in [0.2, 0.25) is 0 Å². The summed E-state index contributed by atoms with van der Waals surface area (Å²) >= 11 is 0. The van der Waals surface area contributed by atoms with Gasteiger partial charge in [0, 0.05) is 17.9 Å². The smallest absolute Gasteiger partial charge is 0.0650 e. The molecule has 2 N–H and O–H groups in total. The van der Waals surface area contributed by atoms with E-state index in [2.05, 4.69) is 39.8 Å². The number of aromatic nitrogens is 2. The second-order valence-electron chi connectivity index (χ2n) is 4.67. The third kappa shape index (κ3) is 2.33. The normalized spacial score (nSPS) is 16.2. The summed E-state index contributed by atoms with van der Waals surface area (Å²) < 4.78 is 0. The molecule has 1 aliphatic carbocycles. The molecular weight excluding hydrogens is 210 g/mol. The van der Waals surface area contributed by atoms with Gasteiger partial charge in [-0.25, -0.2) is 0 Å². The minimum atomic E-state index is 0.674. The van der Waals surface area contributed by atoms with Gasteiger partial charge < -0.3 is 5.32 Å². The molecule has 1 fully saturated rings. The summed E-state index contributed by atoms with van der Waals surface area (Å²) in [7, 11) is 0. The number of nitrogens with zero attached hydrogens (tertiary/aromatic N) is 1. The van der Waals surface area contributed by atoms with Crippen LogP contribution >= 0.6 is 0 Å². The first-order chi connectivity index (χ1) is 8.42. The molecule has 1 heterocycles. The van der Waals surface area contributed by atoms with Crippen molar-refractivity contribution in [2.24, 2.45) is 0 Å². The van der Waals surface area contributed by atoms with E-state index in [4.69, 9.17) is 0 Å². The van der Waals surface area contributed by atoms with Gasteiger partial charge in [-0.3, -0.25) is 5.10 Å². The maximum Gasteiger partial charge on any atom is 0.0650 e. The molecule has 1 aromatic heterocycles. The summed E-state index contributed by atoms with van der Waals surface area (Å²) in [4.78, 5) is 0. The average Bonchev–Trinajstić information content (AvgIpc) is 3.01. The van der Waals surface area contributed by atoms with E-state index >= 15 is 0 Å². The SMILES string of the molecule is c1cc(-c2ccc(NC3CCCC3)cc2)[nH]n1. The minimum Gasteiger partial charge on any atom is -0.382 e. The lowest BCUT2D eigenvalue weighted by atomic mass is 10.1. The van der Waals surface area contributed by atoms with E-state index in [0.29, 0.717) is 6.04 Å². The van der Waals surface area contributed by atoms with Crippen molar-refractivity contribution in [2.45, 2.75) is 31.7 Å². The van der Waals surface area contributed by atoms with Crippen LogP contribution in [0.4, 0.5) is 5.69 Å². The molecule has 3 heteroatoms. The van der Waals surface area contributed by atoms with E-state index in [-0.39, 0.29) is 0 Å². The van der Waals surface area contributed by atoms with E-state index in [1.165, 1.54) is 36.9 Å². The van der Waals surface area contributed by atoms with Crippen molar-refractivity contribution < 1.29 is 0 Å². The Morgan fingerprint density at radius 2 is 1.82 bits per heavy atom. The monoisotopic (exact) mass is 227 g/mol. The fraction of sp³-hybridized carbons (Fsp3) is 0.357. The highest BCUT2D eigenvalue weighted by Crippen LogP contribution is 2.24.